The molecule has 0 spiro atoms. The fourth-order valence-electron chi connectivity index (χ4n) is 2.08. The van der Waals surface area contributed by atoms with Gasteiger partial charge in [0, 0.05) is 0 Å². The molecule has 0 aromatic heterocycles. The minimum absolute atomic E-state index is 0.715. The predicted octanol–water partition coefficient (Wildman–Crippen LogP) is 5.30. The quantitative estimate of drug-likeness (QED) is 0.413. The van der Waals surface area contributed by atoms with Gasteiger partial charge in [-0.25, -0.2) is 0 Å². The van der Waals surface area contributed by atoms with Crippen LogP contribution in [-0.4, -0.2) is 0 Å². The molecule has 0 nitrogen and oxygen atoms in total. The topological polar surface area (TPSA) is 0 Å². The second-order valence-electron chi connectivity index (χ2n) is 4.41. The van der Waals surface area contributed by atoms with Crippen molar-refractivity contribution in [3.8, 4) is 0 Å². The van der Waals surface area contributed by atoms with E-state index in [1.54, 1.807) is 0 Å². The molecule has 0 aliphatic carbocycles. The molecular formula is C16H26. The minimum atomic E-state index is 0.715. The lowest BCUT2D eigenvalue weighted by Crippen LogP contribution is -2.04. The third-order valence-corrected chi connectivity index (χ3v) is 2.98. The van der Waals surface area contributed by atoms with Crippen LogP contribution < -0.4 is 0 Å². The molecule has 0 fully saturated rings. The molecule has 0 aliphatic rings. The first-order valence-corrected chi connectivity index (χ1v) is 6.22. The third kappa shape index (κ3) is 7.28. The lowest BCUT2D eigenvalue weighted by atomic mass is 9.88. The van der Waals surface area contributed by atoms with Gasteiger partial charge in [-0.3, -0.25) is 0 Å². The van der Waals surface area contributed by atoms with Gasteiger partial charge >= 0.3 is 0 Å². The number of allylic oxidation sites excluding steroid dienone is 4. The zero-order chi connectivity index (χ0) is 12.2. The highest BCUT2D eigenvalue weighted by atomic mass is 14.2. The van der Waals surface area contributed by atoms with E-state index in [-0.39, 0.29) is 0 Å². The van der Waals surface area contributed by atoms with Crippen LogP contribution in [0.25, 0.3) is 0 Å². The second-order valence-corrected chi connectivity index (χ2v) is 4.41. The number of hydrogen-bond acceptors (Lipinski definition) is 0. The first-order valence-electron chi connectivity index (χ1n) is 6.22. The molecule has 0 heterocycles. The normalized spacial score (nSPS) is 10.4. The van der Waals surface area contributed by atoms with Crippen molar-refractivity contribution in [1.29, 1.82) is 0 Å². The molecule has 0 saturated carbocycles. The van der Waals surface area contributed by atoms with Crippen LogP contribution >= 0.6 is 0 Å². The molecule has 90 valence electrons. The Hall–Kier alpha value is -1.04. The van der Waals surface area contributed by atoms with Gasteiger partial charge in [0.25, 0.3) is 0 Å². The molecule has 0 aliphatic heterocycles. The van der Waals surface area contributed by atoms with Gasteiger partial charge in [-0.15, -0.1) is 26.3 Å². The average Bonchev–Trinajstić information content (AvgIpc) is 2.27. The van der Waals surface area contributed by atoms with Gasteiger partial charge in [0.15, 0.2) is 0 Å². The Morgan fingerprint density at radius 1 is 0.562 bits per heavy atom. The Morgan fingerprint density at radius 3 is 1.00 bits per heavy atom. The highest BCUT2D eigenvalue weighted by Crippen LogP contribution is 2.23. The van der Waals surface area contributed by atoms with Crippen LogP contribution in [0.1, 0.15) is 38.5 Å². The summed E-state index contributed by atoms with van der Waals surface area (Å²) in [6, 6.07) is 0. The fraction of sp³-hybridized carbons (Fsp3) is 0.500. The van der Waals surface area contributed by atoms with E-state index in [1.807, 2.05) is 24.3 Å². The molecule has 0 rings (SSSR count). The predicted molar refractivity (Wildman–Crippen MR) is 75.5 cm³/mol. The maximum atomic E-state index is 3.82. The minimum Gasteiger partial charge on any atom is -0.103 e. The van der Waals surface area contributed by atoms with Gasteiger partial charge in [0.05, 0.1) is 0 Å². The molecule has 0 unspecified atom stereocenters. The second kappa shape index (κ2) is 10.5. The van der Waals surface area contributed by atoms with E-state index in [1.165, 1.54) is 12.8 Å². The van der Waals surface area contributed by atoms with Gasteiger partial charge in [0.1, 0.15) is 0 Å². The average molecular weight is 218 g/mol. The van der Waals surface area contributed by atoms with Crippen molar-refractivity contribution in [1.82, 2.24) is 0 Å². The van der Waals surface area contributed by atoms with E-state index >= 15 is 0 Å². The summed E-state index contributed by atoms with van der Waals surface area (Å²) in [7, 11) is 0. The van der Waals surface area contributed by atoms with Crippen molar-refractivity contribution < 1.29 is 0 Å². The standard InChI is InChI=1S/C16H26/c1-5-9-15(10-6-2)13-14-16(11-7-3)12-8-4/h5-8,15-16H,1-4,9-14H2. The van der Waals surface area contributed by atoms with Gasteiger partial charge in [-0.05, 0) is 50.4 Å². The summed E-state index contributed by atoms with van der Waals surface area (Å²) in [5, 5.41) is 0. The van der Waals surface area contributed by atoms with Crippen LogP contribution in [0.4, 0.5) is 0 Å². The Labute approximate surface area is 101 Å². The van der Waals surface area contributed by atoms with Crippen molar-refractivity contribution in [3.63, 3.8) is 0 Å². The largest absolute Gasteiger partial charge is 0.103 e. The summed E-state index contributed by atoms with van der Waals surface area (Å²) in [4.78, 5) is 0. The molecule has 0 bridgehead atoms. The van der Waals surface area contributed by atoms with E-state index in [4.69, 9.17) is 0 Å². The van der Waals surface area contributed by atoms with E-state index in [0.29, 0.717) is 11.8 Å². The molecule has 0 aromatic carbocycles. The lowest BCUT2D eigenvalue weighted by molar-refractivity contribution is 0.398. The maximum Gasteiger partial charge on any atom is -0.0322 e. The van der Waals surface area contributed by atoms with Crippen LogP contribution in [0.3, 0.4) is 0 Å². The summed E-state index contributed by atoms with van der Waals surface area (Å²) in [5.41, 5.74) is 0. The highest BCUT2D eigenvalue weighted by Gasteiger charge is 2.10. The van der Waals surface area contributed by atoms with E-state index in [0.717, 1.165) is 25.7 Å². The highest BCUT2D eigenvalue weighted by molar-refractivity contribution is 4.83. The first-order chi connectivity index (χ1) is 7.78. The van der Waals surface area contributed by atoms with Crippen molar-refractivity contribution in [2.45, 2.75) is 38.5 Å². The number of hydrogen-bond donors (Lipinski definition) is 0. The SMILES string of the molecule is C=CCC(CC=C)CCC(CC=C)CC=C. The molecule has 0 saturated heterocycles. The number of rotatable bonds is 11. The zero-order valence-electron chi connectivity index (χ0n) is 10.5. The van der Waals surface area contributed by atoms with Crippen LogP contribution in [0.5, 0.6) is 0 Å². The van der Waals surface area contributed by atoms with Gasteiger partial charge < -0.3 is 0 Å². The van der Waals surface area contributed by atoms with Crippen molar-refractivity contribution in [3.05, 3.63) is 50.6 Å². The molecule has 0 N–H and O–H groups in total. The molecule has 0 atom stereocenters. The van der Waals surface area contributed by atoms with E-state index in [2.05, 4.69) is 26.3 Å². The van der Waals surface area contributed by atoms with Gasteiger partial charge in [0.2, 0.25) is 0 Å². The summed E-state index contributed by atoms with van der Waals surface area (Å²) >= 11 is 0. The Kier molecular flexibility index (Phi) is 9.80. The van der Waals surface area contributed by atoms with Crippen molar-refractivity contribution in [2.24, 2.45) is 11.8 Å². The van der Waals surface area contributed by atoms with Crippen LogP contribution in [0.2, 0.25) is 0 Å². The molecule has 16 heavy (non-hydrogen) atoms. The molecular weight excluding hydrogens is 192 g/mol. The summed E-state index contributed by atoms with van der Waals surface area (Å²) < 4.78 is 0. The Morgan fingerprint density at radius 2 is 0.812 bits per heavy atom. The molecule has 0 amide bonds. The summed E-state index contributed by atoms with van der Waals surface area (Å²) in [6.45, 7) is 15.3. The Balaban J connectivity index is 4.00. The van der Waals surface area contributed by atoms with Crippen LogP contribution in [0, 0.1) is 11.8 Å². The molecule has 0 heteroatoms. The van der Waals surface area contributed by atoms with Crippen LogP contribution in [-0.2, 0) is 0 Å². The zero-order valence-corrected chi connectivity index (χ0v) is 10.5. The summed E-state index contributed by atoms with van der Waals surface area (Å²) in [6.07, 6.45) is 15.0. The first kappa shape index (κ1) is 15.0. The van der Waals surface area contributed by atoms with Gasteiger partial charge in [-0.2, -0.15) is 0 Å². The van der Waals surface area contributed by atoms with Crippen molar-refractivity contribution >= 4 is 0 Å². The van der Waals surface area contributed by atoms with Gasteiger partial charge in [-0.1, -0.05) is 24.3 Å². The van der Waals surface area contributed by atoms with Crippen LogP contribution in [0.15, 0.2) is 50.6 Å². The van der Waals surface area contributed by atoms with E-state index < -0.39 is 0 Å². The lowest BCUT2D eigenvalue weighted by Gasteiger charge is -2.17. The third-order valence-electron chi connectivity index (χ3n) is 2.98. The smallest absolute Gasteiger partial charge is 0.0322 e. The molecule has 0 radical (unpaired) electrons. The van der Waals surface area contributed by atoms with Crippen molar-refractivity contribution in [2.75, 3.05) is 0 Å². The monoisotopic (exact) mass is 218 g/mol. The molecule has 0 aromatic rings. The Bertz CT molecular complexity index is 168. The van der Waals surface area contributed by atoms with E-state index in [9.17, 15) is 0 Å². The maximum absolute atomic E-state index is 3.82. The fourth-order valence-corrected chi connectivity index (χ4v) is 2.08. The summed E-state index contributed by atoms with van der Waals surface area (Å²) in [5.74, 6) is 1.43.